The van der Waals surface area contributed by atoms with Crippen molar-refractivity contribution in [2.24, 2.45) is 11.8 Å². The second-order valence-electron chi connectivity index (χ2n) is 9.24. The first kappa shape index (κ1) is 23.8. The highest BCUT2D eigenvalue weighted by molar-refractivity contribution is 5.84. The first-order chi connectivity index (χ1) is 15.1. The molecule has 1 amide bonds. The maximum atomic E-state index is 15.1. The Morgan fingerprint density at radius 2 is 2.06 bits per heavy atom. The van der Waals surface area contributed by atoms with Crippen LogP contribution in [0.3, 0.4) is 0 Å². The molecule has 1 saturated heterocycles. The van der Waals surface area contributed by atoms with Crippen LogP contribution in [0.5, 0.6) is 5.75 Å². The molecular formula is C24H31FN2O5. The van der Waals surface area contributed by atoms with Crippen LogP contribution >= 0.6 is 0 Å². The SMILES string of the molecule is CCC(c1c(F)cnc2ccc(OC)cc12)C1CCN(C(=O)OC(C)(C)C)CC1C(=O)O. The number of aromatic nitrogens is 1. The summed E-state index contributed by atoms with van der Waals surface area (Å²) in [6.45, 7) is 7.62. The number of nitrogens with zero attached hydrogens (tertiary/aromatic N) is 2. The van der Waals surface area contributed by atoms with Crippen LogP contribution in [0.25, 0.3) is 10.9 Å². The molecule has 8 heteroatoms. The zero-order valence-corrected chi connectivity index (χ0v) is 19.2. The molecule has 1 N–H and O–H groups in total. The largest absolute Gasteiger partial charge is 0.497 e. The maximum Gasteiger partial charge on any atom is 0.410 e. The highest BCUT2D eigenvalue weighted by Gasteiger charge is 2.42. The van der Waals surface area contributed by atoms with E-state index < -0.39 is 29.4 Å². The van der Waals surface area contributed by atoms with Gasteiger partial charge in [-0.1, -0.05) is 6.92 Å². The maximum absolute atomic E-state index is 15.1. The number of pyridine rings is 1. The number of carbonyl (C=O) groups is 2. The Morgan fingerprint density at radius 3 is 2.66 bits per heavy atom. The average molecular weight is 447 g/mol. The monoisotopic (exact) mass is 446 g/mol. The molecule has 32 heavy (non-hydrogen) atoms. The van der Waals surface area contributed by atoms with E-state index in [0.717, 1.165) is 0 Å². The number of carbonyl (C=O) groups excluding carboxylic acids is 1. The Kier molecular flexibility index (Phi) is 6.91. The van der Waals surface area contributed by atoms with Crippen molar-refractivity contribution in [3.8, 4) is 5.75 Å². The fraction of sp³-hybridized carbons (Fsp3) is 0.542. The smallest absolute Gasteiger partial charge is 0.410 e. The van der Waals surface area contributed by atoms with Crippen LogP contribution in [0.4, 0.5) is 9.18 Å². The molecule has 0 saturated carbocycles. The lowest BCUT2D eigenvalue weighted by molar-refractivity contribution is -0.146. The second-order valence-corrected chi connectivity index (χ2v) is 9.24. The minimum Gasteiger partial charge on any atom is -0.497 e. The molecule has 3 rings (SSSR count). The van der Waals surface area contributed by atoms with Gasteiger partial charge < -0.3 is 19.5 Å². The van der Waals surface area contributed by atoms with Crippen LogP contribution in [-0.2, 0) is 9.53 Å². The van der Waals surface area contributed by atoms with Gasteiger partial charge >= 0.3 is 12.1 Å². The molecule has 1 fully saturated rings. The van der Waals surface area contributed by atoms with E-state index >= 15 is 4.39 Å². The predicted molar refractivity (Wildman–Crippen MR) is 118 cm³/mol. The van der Waals surface area contributed by atoms with Gasteiger partial charge in [0.15, 0.2) is 0 Å². The van der Waals surface area contributed by atoms with Gasteiger partial charge in [-0.15, -0.1) is 0 Å². The summed E-state index contributed by atoms with van der Waals surface area (Å²) in [4.78, 5) is 30.4. The van der Waals surface area contributed by atoms with Crippen LogP contribution < -0.4 is 4.74 Å². The number of carboxylic acid groups (broad SMARTS) is 1. The number of benzene rings is 1. The molecule has 1 aliphatic heterocycles. The quantitative estimate of drug-likeness (QED) is 0.707. The van der Waals surface area contributed by atoms with E-state index in [-0.39, 0.29) is 18.4 Å². The Balaban J connectivity index is 1.98. The van der Waals surface area contributed by atoms with Gasteiger partial charge in [-0.2, -0.15) is 0 Å². The summed E-state index contributed by atoms with van der Waals surface area (Å²) < 4.78 is 25.9. The third-order valence-electron chi connectivity index (χ3n) is 6.03. The standard InChI is InChI=1S/C24H31FN2O5/c1-6-15(21-17-11-14(31-5)7-8-20(17)26-12-19(21)25)16-9-10-27(13-18(16)22(28)29)23(30)32-24(2,3)4/h7-8,11-12,15-16,18H,6,9-10,13H2,1-5H3,(H,28,29). The summed E-state index contributed by atoms with van der Waals surface area (Å²) in [6.07, 6.45) is 1.65. The van der Waals surface area contributed by atoms with Crippen molar-refractivity contribution in [1.29, 1.82) is 0 Å². The van der Waals surface area contributed by atoms with Crippen LogP contribution in [0, 0.1) is 17.7 Å². The number of methoxy groups -OCH3 is 1. The Bertz CT molecular complexity index is 1000. The number of hydrogen-bond donors (Lipinski definition) is 1. The number of halogens is 1. The highest BCUT2D eigenvalue weighted by atomic mass is 19.1. The molecule has 3 atom stereocenters. The van der Waals surface area contributed by atoms with E-state index in [4.69, 9.17) is 9.47 Å². The highest BCUT2D eigenvalue weighted by Crippen LogP contribution is 2.42. The molecule has 0 bridgehead atoms. The summed E-state index contributed by atoms with van der Waals surface area (Å²) in [5.74, 6) is -2.42. The Morgan fingerprint density at radius 1 is 1.34 bits per heavy atom. The van der Waals surface area contributed by atoms with Crippen LogP contribution in [0.2, 0.25) is 0 Å². The molecule has 1 aromatic heterocycles. The number of piperidine rings is 1. The van der Waals surface area contributed by atoms with Crippen molar-refractivity contribution in [2.45, 2.75) is 52.1 Å². The van der Waals surface area contributed by atoms with E-state index in [9.17, 15) is 14.7 Å². The van der Waals surface area contributed by atoms with Gasteiger partial charge in [0.2, 0.25) is 0 Å². The molecule has 2 aromatic rings. The fourth-order valence-electron chi connectivity index (χ4n) is 4.60. The minimum absolute atomic E-state index is 0.0272. The third-order valence-corrected chi connectivity index (χ3v) is 6.03. The lowest BCUT2D eigenvalue weighted by Gasteiger charge is -2.40. The van der Waals surface area contributed by atoms with Crippen molar-refractivity contribution in [3.63, 3.8) is 0 Å². The van der Waals surface area contributed by atoms with E-state index in [1.807, 2.05) is 6.92 Å². The van der Waals surface area contributed by atoms with Crippen molar-refractivity contribution in [1.82, 2.24) is 9.88 Å². The number of hydrogen-bond acceptors (Lipinski definition) is 5. The number of ether oxygens (including phenoxy) is 2. The molecule has 0 aliphatic carbocycles. The molecule has 3 unspecified atom stereocenters. The third kappa shape index (κ3) is 4.95. The molecule has 2 heterocycles. The number of likely N-dealkylation sites (tertiary alicyclic amines) is 1. The van der Waals surface area contributed by atoms with Crippen LogP contribution in [-0.4, -0.2) is 52.9 Å². The minimum atomic E-state index is -1.00. The summed E-state index contributed by atoms with van der Waals surface area (Å²) in [5.41, 5.74) is 0.411. The van der Waals surface area contributed by atoms with Crippen LogP contribution in [0.1, 0.15) is 52.0 Å². The summed E-state index contributed by atoms with van der Waals surface area (Å²) in [6, 6.07) is 5.27. The van der Waals surface area contributed by atoms with Gasteiger partial charge in [0.1, 0.15) is 17.2 Å². The van der Waals surface area contributed by atoms with E-state index in [2.05, 4.69) is 4.98 Å². The number of rotatable bonds is 5. The molecule has 1 aliphatic rings. The second kappa shape index (κ2) is 9.30. The average Bonchev–Trinajstić information content (AvgIpc) is 2.74. The molecule has 7 nitrogen and oxygen atoms in total. The van der Waals surface area contributed by atoms with Crippen LogP contribution in [0.15, 0.2) is 24.4 Å². The van der Waals surface area contributed by atoms with E-state index in [1.54, 1.807) is 39.0 Å². The molecule has 0 spiro atoms. The Labute approximate surface area is 187 Å². The van der Waals surface area contributed by atoms with Gasteiger partial charge in [-0.25, -0.2) is 9.18 Å². The summed E-state index contributed by atoms with van der Waals surface area (Å²) >= 11 is 0. The van der Waals surface area contributed by atoms with Gasteiger partial charge in [0, 0.05) is 24.0 Å². The zero-order chi connectivity index (χ0) is 23.6. The number of fused-ring (bicyclic) bond motifs is 1. The van der Waals surface area contributed by atoms with Crippen molar-refractivity contribution >= 4 is 23.0 Å². The zero-order valence-electron chi connectivity index (χ0n) is 19.2. The summed E-state index contributed by atoms with van der Waals surface area (Å²) in [7, 11) is 1.54. The normalized spacial score (nSPS) is 20.1. The van der Waals surface area contributed by atoms with Gasteiger partial charge in [0.25, 0.3) is 0 Å². The topological polar surface area (TPSA) is 89.0 Å². The predicted octanol–water partition coefficient (Wildman–Crippen LogP) is 4.83. The summed E-state index contributed by atoms with van der Waals surface area (Å²) in [5, 5.41) is 10.6. The van der Waals surface area contributed by atoms with E-state index in [1.165, 1.54) is 18.2 Å². The molecular weight excluding hydrogens is 415 g/mol. The van der Waals surface area contributed by atoms with Gasteiger partial charge in [-0.05, 0) is 63.6 Å². The molecule has 1 aromatic carbocycles. The van der Waals surface area contributed by atoms with Crippen molar-refractivity contribution in [3.05, 3.63) is 35.8 Å². The van der Waals surface area contributed by atoms with E-state index in [0.29, 0.717) is 41.6 Å². The Hall–Kier alpha value is -2.90. The first-order valence-electron chi connectivity index (χ1n) is 10.9. The molecule has 0 radical (unpaired) electrons. The van der Waals surface area contributed by atoms with Gasteiger partial charge in [-0.3, -0.25) is 9.78 Å². The van der Waals surface area contributed by atoms with Crippen molar-refractivity contribution in [2.75, 3.05) is 20.2 Å². The lowest BCUT2D eigenvalue weighted by atomic mass is 9.72. The first-order valence-corrected chi connectivity index (χ1v) is 10.9. The lowest BCUT2D eigenvalue weighted by Crippen LogP contribution is -2.49. The number of carboxylic acids is 1. The van der Waals surface area contributed by atoms with Gasteiger partial charge in [0.05, 0.1) is 24.7 Å². The fourth-order valence-corrected chi connectivity index (χ4v) is 4.60. The number of aliphatic carboxylic acids is 1. The molecule has 174 valence electrons. The van der Waals surface area contributed by atoms with Crippen molar-refractivity contribution < 1.29 is 28.6 Å². The number of amides is 1.